The molecule has 476 valence electrons. The second-order valence-electron chi connectivity index (χ2n) is 25.2. The Kier molecular flexibility index (Phi) is 61.6. The fourth-order valence-corrected chi connectivity index (χ4v) is 10.5. The molecule has 1 N–H and O–H groups in total. The fraction of sp³-hybridized carbons (Fsp3) is 0.875. The van der Waals surface area contributed by atoms with Gasteiger partial charge in [-0.05, 0) is 70.6 Å². The van der Waals surface area contributed by atoms with Crippen LogP contribution in [0.2, 0.25) is 0 Å². The highest BCUT2D eigenvalue weighted by Crippen LogP contribution is 2.18. The molecular weight excluding hydrogens is 1010 g/mol. The van der Waals surface area contributed by atoms with Gasteiger partial charge < -0.3 is 28.5 Å². The van der Waals surface area contributed by atoms with E-state index in [0.29, 0.717) is 17.4 Å². The lowest BCUT2D eigenvalue weighted by Crippen LogP contribution is -2.40. The maximum Gasteiger partial charge on any atom is 0.361 e. The second kappa shape index (κ2) is 63.5. The molecule has 81 heavy (non-hydrogen) atoms. The van der Waals surface area contributed by atoms with E-state index in [4.69, 9.17) is 18.9 Å². The van der Waals surface area contributed by atoms with Crippen LogP contribution < -0.4 is 0 Å². The molecule has 2 atom stereocenters. The zero-order valence-corrected chi connectivity index (χ0v) is 54.5. The number of carboxylic acids is 1. The summed E-state index contributed by atoms with van der Waals surface area (Å²) in [6.07, 6.45) is 77.2. The van der Waals surface area contributed by atoms with Gasteiger partial charge in [0.25, 0.3) is 6.29 Å². The van der Waals surface area contributed by atoms with Gasteiger partial charge in [0.15, 0.2) is 6.10 Å². The first-order valence-electron chi connectivity index (χ1n) is 35.2. The summed E-state index contributed by atoms with van der Waals surface area (Å²) in [5.74, 6) is -1.99. The Balaban J connectivity index is 3.90. The van der Waals surface area contributed by atoms with Crippen molar-refractivity contribution in [1.82, 2.24) is 0 Å². The predicted molar refractivity (Wildman–Crippen MR) is 346 cm³/mol. The number of ether oxygens (including phenoxy) is 4. The summed E-state index contributed by atoms with van der Waals surface area (Å²) in [5.41, 5.74) is 0. The highest BCUT2D eigenvalue weighted by molar-refractivity contribution is 5.71. The van der Waals surface area contributed by atoms with E-state index >= 15 is 0 Å². The second-order valence-corrected chi connectivity index (χ2v) is 25.2. The smallest absolute Gasteiger partial charge is 0.361 e. The van der Waals surface area contributed by atoms with Crippen molar-refractivity contribution < 1.29 is 42.9 Å². The quantitative estimate of drug-likeness (QED) is 0.0211. The van der Waals surface area contributed by atoms with E-state index in [1.807, 2.05) is 21.1 Å². The lowest BCUT2D eigenvalue weighted by Gasteiger charge is -2.25. The summed E-state index contributed by atoms with van der Waals surface area (Å²) >= 11 is 0. The summed E-state index contributed by atoms with van der Waals surface area (Å²) in [6, 6.07) is 0. The number of nitrogens with zero attached hydrogens (tertiary/aromatic N) is 1. The predicted octanol–water partition coefficient (Wildman–Crippen LogP) is 21.6. The average Bonchev–Trinajstić information content (AvgIpc) is 3.44. The third-order valence-electron chi connectivity index (χ3n) is 15.9. The summed E-state index contributed by atoms with van der Waals surface area (Å²) in [7, 11) is 5.98. The number of hydrogen-bond acceptors (Lipinski definition) is 7. The number of rotatable bonds is 66. The molecule has 0 radical (unpaired) electrons. The number of carbonyl (C=O) groups is 3. The maximum atomic E-state index is 12.9. The molecule has 9 heteroatoms. The molecule has 0 aliphatic rings. The van der Waals surface area contributed by atoms with Crippen molar-refractivity contribution >= 4 is 17.9 Å². The van der Waals surface area contributed by atoms with Crippen LogP contribution >= 0.6 is 0 Å². The topological polar surface area (TPSA) is 108 Å². The minimum Gasteiger partial charge on any atom is -0.477 e. The van der Waals surface area contributed by atoms with Gasteiger partial charge in [-0.1, -0.05) is 301 Å². The van der Waals surface area contributed by atoms with Crippen molar-refractivity contribution in [2.75, 3.05) is 47.5 Å². The van der Waals surface area contributed by atoms with Crippen LogP contribution in [0.3, 0.4) is 0 Å². The first-order valence-corrected chi connectivity index (χ1v) is 35.2. The van der Waals surface area contributed by atoms with Gasteiger partial charge in [0.05, 0.1) is 34.4 Å². The van der Waals surface area contributed by atoms with Crippen molar-refractivity contribution in [3.63, 3.8) is 0 Å². The first-order chi connectivity index (χ1) is 39.6. The van der Waals surface area contributed by atoms with Crippen LogP contribution in [0.5, 0.6) is 0 Å². The standard InChI is InChI=1S/C72H135NO8/c1-6-8-10-12-14-16-18-20-22-23-24-25-26-27-28-29-30-31-32-33-34-35-36-37-38-39-40-41-42-43-44-45-46-47-49-51-53-55-57-59-61-63-70(75)81-68(67-80-72(71(76)77)78-65-64-73(3,4)5)66-79-69(74)62-60-58-56-54-52-50-48-21-19-17-15-13-11-9-7-2/h18,20-21,23-24,48,68,72H,6-17,19,22,25-47,49-67H2,1-5H3/p+1/b20-18-,24-23-,48-21-. The minimum absolute atomic E-state index is 0.181. The molecule has 0 bridgehead atoms. The third-order valence-corrected chi connectivity index (χ3v) is 15.9. The lowest BCUT2D eigenvalue weighted by atomic mass is 10.0. The number of quaternary nitrogens is 1. The van der Waals surface area contributed by atoms with Crippen LogP contribution in [0.4, 0.5) is 0 Å². The largest absolute Gasteiger partial charge is 0.477 e. The molecular formula is C72H136NO8+. The number of likely N-dealkylation sites (N-methyl/N-ethyl adjacent to an activating group) is 1. The van der Waals surface area contributed by atoms with Crippen molar-refractivity contribution in [3.05, 3.63) is 36.5 Å². The lowest BCUT2D eigenvalue weighted by molar-refractivity contribution is -0.870. The Hall–Kier alpha value is -2.49. The number of carboxylic acid groups (broad SMARTS) is 1. The molecule has 0 spiro atoms. The maximum absolute atomic E-state index is 12.9. The Morgan fingerprint density at radius 2 is 0.667 bits per heavy atom. The molecule has 0 saturated carbocycles. The van der Waals surface area contributed by atoms with Crippen LogP contribution in [0, 0.1) is 0 Å². The molecule has 0 aliphatic heterocycles. The normalized spacial score (nSPS) is 12.9. The van der Waals surface area contributed by atoms with Gasteiger partial charge in [-0.2, -0.15) is 0 Å². The van der Waals surface area contributed by atoms with E-state index in [0.717, 1.165) is 57.8 Å². The molecule has 0 saturated heterocycles. The van der Waals surface area contributed by atoms with E-state index in [1.54, 1.807) is 0 Å². The molecule has 2 unspecified atom stereocenters. The Bertz CT molecular complexity index is 1420. The van der Waals surface area contributed by atoms with Crippen molar-refractivity contribution in [1.29, 1.82) is 0 Å². The molecule has 0 aromatic carbocycles. The van der Waals surface area contributed by atoms with E-state index in [-0.39, 0.29) is 38.2 Å². The van der Waals surface area contributed by atoms with E-state index in [9.17, 15) is 19.5 Å². The number of allylic oxidation sites excluding steroid dienone is 6. The van der Waals surface area contributed by atoms with Crippen molar-refractivity contribution in [2.24, 2.45) is 0 Å². The van der Waals surface area contributed by atoms with Crippen LogP contribution in [-0.4, -0.2) is 87.4 Å². The summed E-state index contributed by atoms with van der Waals surface area (Å²) in [6.45, 7) is 4.90. The number of aliphatic carboxylic acids is 1. The molecule has 0 aromatic heterocycles. The van der Waals surface area contributed by atoms with Gasteiger partial charge in [-0.25, -0.2) is 4.79 Å². The molecule has 0 amide bonds. The number of carbonyl (C=O) groups excluding carboxylic acids is 2. The SMILES string of the molecule is CCCCCCC/C=C\C/C=C\CCCCCCCCCCCCCCCCCCCCCCCCCCCCCCCC(=O)OC(COC(=O)CCCCCCC/C=C\CCCCCCCC)COC(OCC[N+](C)(C)C)C(=O)O. The van der Waals surface area contributed by atoms with Gasteiger partial charge in [-0.15, -0.1) is 0 Å². The van der Waals surface area contributed by atoms with Gasteiger partial charge in [0, 0.05) is 12.8 Å². The number of unbranched alkanes of at least 4 members (excludes halogenated alkanes) is 45. The molecule has 0 aliphatic carbocycles. The Morgan fingerprint density at radius 1 is 0.370 bits per heavy atom. The first kappa shape index (κ1) is 78.5. The molecule has 0 heterocycles. The van der Waals surface area contributed by atoms with E-state index < -0.39 is 18.4 Å². The summed E-state index contributed by atoms with van der Waals surface area (Å²) in [4.78, 5) is 37.5. The highest BCUT2D eigenvalue weighted by Gasteiger charge is 2.25. The van der Waals surface area contributed by atoms with Gasteiger partial charge in [-0.3, -0.25) is 9.59 Å². The Labute approximate surface area is 502 Å². The van der Waals surface area contributed by atoms with E-state index in [1.165, 1.54) is 263 Å². The summed E-state index contributed by atoms with van der Waals surface area (Å²) in [5, 5.41) is 9.72. The monoisotopic (exact) mass is 1140 g/mol. The molecule has 0 fully saturated rings. The van der Waals surface area contributed by atoms with Crippen molar-refractivity contribution in [3.8, 4) is 0 Å². The number of esters is 2. The van der Waals surface area contributed by atoms with Crippen LogP contribution in [0.1, 0.15) is 348 Å². The minimum atomic E-state index is -1.51. The molecule has 9 nitrogen and oxygen atoms in total. The van der Waals surface area contributed by atoms with Crippen LogP contribution in [0.25, 0.3) is 0 Å². The van der Waals surface area contributed by atoms with Gasteiger partial charge in [0.1, 0.15) is 13.2 Å². The Morgan fingerprint density at radius 3 is 0.988 bits per heavy atom. The van der Waals surface area contributed by atoms with Crippen LogP contribution in [-0.2, 0) is 33.3 Å². The zero-order chi connectivity index (χ0) is 59.1. The highest BCUT2D eigenvalue weighted by atomic mass is 16.7. The zero-order valence-electron chi connectivity index (χ0n) is 54.5. The van der Waals surface area contributed by atoms with Crippen LogP contribution in [0.15, 0.2) is 36.5 Å². The van der Waals surface area contributed by atoms with Crippen molar-refractivity contribution in [2.45, 2.75) is 360 Å². The summed E-state index contributed by atoms with van der Waals surface area (Å²) < 4.78 is 22.9. The van der Waals surface area contributed by atoms with E-state index in [2.05, 4.69) is 50.3 Å². The molecule has 0 aromatic rings. The van der Waals surface area contributed by atoms with Gasteiger partial charge >= 0.3 is 17.9 Å². The fourth-order valence-electron chi connectivity index (χ4n) is 10.5. The number of hydrogen-bond donors (Lipinski definition) is 1. The third kappa shape index (κ3) is 64.9. The molecule has 0 rings (SSSR count). The average molecular weight is 1140 g/mol. The van der Waals surface area contributed by atoms with Gasteiger partial charge in [0.2, 0.25) is 0 Å².